The molecule has 0 aromatic heterocycles. The van der Waals surface area contributed by atoms with Gasteiger partial charge in [0.15, 0.2) is 0 Å². The maximum Gasteiger partial charge on any atom is 0.253 e. The number of rotatable bonds is 6. The van der Waals surface area contributed by atoms with E-state index in [2.05, 4.69) is 10.0 Å². The Bertz CT molecular complexity index is 790. The number of hydrogen-bond donors (Lipinski definition) is 2. The number of nitrogens with zero attached hydrogens (tertiary/aromatic N) is 1. The first-order valence-corrected chi connectivity index (χ1v) is 11.2. The highest BCUT2D eigenvalue weighted by molar-refractivity contribution is 7.88. The van der Waals surface area contributed by atoms with Crippen molar-refractivity contribution >= 4 is 33.4 Å². The van der Waals surface area contributed by atoms with Crippen LogP contribution in [0.1, 0.15) is 37.0 Å². The topological polar surface area (TPSA) is 95.6 Å². The minimum Gasteiger partial charge on any atom is -0.341 e. The van der Waals surface area contributed by atoms with Gasteiger partial charge in [-0.25, -0.2) is 13.1 Å². The summed E-state index contributed by atoms with van der Waals surface area (Å²) in [5.41, 5.74) is 0.327. The van der Waals surface area contributed by atoms with Crippen LogP contribution in [-0.2, 0) is 14.8 Å². The normalized spacial score (nSPS) is 17.0. The van der Waals surface area contributed by atoms with Gasteiger partial charge in [0, 0.05) is 19.1 Å². The molecule has 1 aliphatic heterocycles. The quantitative estimate of drug-likeness (QED) is 0.738. The summed E-state index contributed by atoms with van der Waals surface area (Å²) in [6.07, 6.45) is 2.22. The number of carbonyl (C=O) groups excluding carboxylic acids is 2. The van der Waals surface area contributed by atoms with Crippen molar-refractivity contribution in [2.45, 2.75) is 38.8 Å². The summed E-state index contributed by atoms with van der Waals surface area (Å²) in [5.74, 6) is -0.653. The molecule has 2 amide bonds. The third kappa shape index (κ3) is 6.19. The summed E-state index contributed by atoms with van der Waals surface area (Å²) in [6, 6.07) is 5.85. The largest absolute Gasteiger partial charge is 0.341 e. The second kappa shape index (κ2) is 9.03. The number of carbonyl (C=O) groups is 2. The van der Waals surface area contributed by atoms with Crippen LogP contribution in [0.3, 0.4) is 0 Å². The molecule has 1 unspecified atom stereocenters. The van der Waals surface area contributed by atoms with Crippen LogP contribution >= 0.6 is 11.6 Å². The highest BCUT2D eigenvalue weighted by Crippen LogP contribution is 2.18. The van der Waals surface area contributed by atoms with Crippen molar-refractivity contribution in [1.82, 2.24) is 14.9 Å². The van der Waals surface area contributed by atoms with Gasteiger partial charge in [0.25, 0.3) is 5.91 Å². The van der Waals surface area contributed by atoms with Gasteiger partial charge in [-0.15, -0.1) is 0 Å². The molecule has 0 saturated carbocycles. The van der Waals surface area contributed by atoms with Crippen LogP contribution in [-0.4, -0.2) is 56.6 Å². The lowest BCUT2D eigenvalue weighted by Gasteiger charge is -2.35. The number of benzene rings is 1. The predicted molar refractivity (Wildman–Crippen MR) is 105 cm³/mol. The molecule has 1 saturated heterocycles. The fraction of sp³-hybridized carbons (Fsp3) is 0.556. The van der Waals surface area contributed by atoms with E-state index in [1.54, 1.807) is 29.2 Å². The minimum atomic E-state index is -3.26. The summed E-state index contributed by atoms with van der Waals surface area (Å²) in [4.78, 5) is 27.1. The van der Waals surface area contributed by atoms with Gasteiger partial charge in [0.1, 0.15) is 6.04 Å². The molecular weight excluding hydrogens is 390 g/mol. The van der Waals surface area contributed by atoms with Crippen molar-refractivity contribution in [3.63, 3.8) is 0 Å². The van der Waals surface area contributed by atoms with E-state index < -0.39 is 16.1 Å². The number of halogens is 1. The Hall–Kier alpha value is -1.64. The summed E-state index contributed by atoms with van der Waals surface area (Å²) >= 11 is 6.07. The minimum absolute atomic E-state index is 0.101. The lowest BCUT2D eigenvalue weighted by Crippen LogP contribution is -2.54. The molecule has 1 aromatic carbocycles. The van der Waals surface area contributed by atoms with E-state index >= 15 is 0 Å². The molecule has 1 heterocycles. The van der Waals surface area contributed by atoms with Crippen molar-refractivity contribution in [3.8, 4) is 0 Å². The SMILES string of the molecule is CC(C)C(NC(=O)c1ccccc1Cl)C(=O)N1CCC(NS(C)(=O)=O)CC1. The maximum absolute atomic E-state index is 12.9. The van der Waals surface area contributed by atoms with Crippen LogP contribution in [0.25, 0.3) is 0 Å². The molecule has 1 fully saturated rings. The summed E-state index contributed by atoms with van der Waals surface area (Å²) < 4.78 is 25.3. The second-order valence-electron chi connectivity index (χ2n) is 7.16. The Morgan fingerprint density at radius 3 is 2.30 bits per heavy atom. The molecule has 0 spiro atoms. The lowest BCUT2D eigenvalue weighted by atomic mass is 9.99. The molecule has 0 bridgehead atoms. The second-order valence-corrected chi connectivity index (χ2v) is 9.35. The highest BCUT2D eigenvalue weighted by atomic mass is 35.5. The number of likely N-dealkylation sites (tertiary alicyclic amines) is 1. The molecule has 27 heavy (non-hydrogen) atoms. The molecule has 2 rings (SSSR count). The zero-order valence-electron chi connectivity index (χ0n) is 15.7. The number of piperidine rings is 1. The van der Waals surface area contributed by atoms with Crippen molar-refractivity contribution in [3.05, 3.63) is 34.9 Å². The predicted octanol–water partition coefficient (Wildman–Crippen LogP) is 1.63. The Morgan fingerprint density at radius 2 is 1.78 bits per heavy atom. The molecule has 7 nitrogen and oxygen atoms in total. The average Bonchev–Trinajstić information content (AvgIpc) is 2.58. The van der Waals surface area contributed by atoms with E-state index in [0.717, 1.165) is 6.26 Å². The fourth-order valence-corrected chi connectivity index (χ4v) is 4.16. The molecule has 1 aromatic rings. The molecule has 0 radical (unpaired) electrons. The standard InChI is InChI=1S/C18H26ClN3O4S/c1-12(2)16(20-17(23)14-6-4-5-7-15(14)19)18(24)22-10-8-13(9-11-22)21-27(3,25)26/h4-7,12-13,16,21H,8-11H2,1-3H3,(H,20,23). The van der Waals surface area contributed by atoms with E-state index in [-0.39, 0.29) is 23.8 Å². The van der Waals surface area contributed by atoms with Crippen molar-refractivity contribution in [1.29, 1.82) is 0 Å². The van der Waals surface area contributed by atoms with E-state index in [0.29, 0.717) is 36.5 Å². The van der Waals surface area contributed by atoms with E-state index in [4.69, 9.17) is 11.6 Å². The van der Waals surface area contributed by atoms with Crippen LogP contribution in [0, 0.1) is 5.92 Å². The zero-order chi connectivity index (χ0) is 20.2. The van der Waals surface area contributed by atoms with E-state index in [1.165, 1.54) is 0 Å². The zero-order valence-corrected chi connectivity index (χ0v) is 17.3. The van der Waals surface area contributed by atoms with Gasteiger partial charge >= 0.3 is 0 Å². The molecule has 2 N–H and O–H groups in total. The Balaban J connectivity index is 2.01. The van der Waals surface area contributed by atoms with Gasteiger partial charge in [-0.2, -0.15) is 0 Å². The number of hydrogen-bond acceptors (Lipinski definition) is 4. The first kappa shape index (κ1) is 21.7. The average molecular weight is 416 g/mol. The van der Waals surface area contributed by atoms with Crippen LogP contribution < -0.4 is 10.0 Å². The molecule has 1 atom stereocenters. The fourth-order valence-electron chi connectivity index (χ4n) is 3.10. The van der Waals surface area contributed by atoms with Gasteiger partial charge in [-0.1, -0.05) is 37.6 Å². The van der Waals surface area contributed by atoms with Gasteiger partial charge in [-0.05, 0) is 30.9 Å². The van der Waals surface area contributed by atoms with Crippen LogP contribution in [0.4, 0.5) is 0 Å². The van der Waals surface area contributed by atoms with Gasteiger partial charge in [0.2, 0.25) is 15.9 Å². The molecule has 150 valence electrons. The van der Waals surface area contributed by atoms with Crippen molar-refractivity contribution in [2.24, 2.45) is 5.92 Å². The monoisotopic (exact) mass is 415 g/mol. The number of amides is 2. The Kier molecular flexibility index (Phi) is 7.25. The first-order valence-electron chi connectivity index (χ1n) is 8.90. The van der Waals surface area contributed by atoms with Gasteiger partial charge < -0.3 is 10.2 Å². The van der Waals surface area contributed by atoms with Gasteiger partial charge in [0.05, 0.1) is 16.8 Å². The molecule has 1 aliphatic rings. The van der Waals surface area contributed by atoms with Crippen molar-refractivity contribution in [2.75, 3.05) is 19.3 Å². The Labute approximate surface area is 165 Å². The lowest BCUT2D eigenvalue weighted by molar-refractivity contribution is -0.135. The van der Waals surface area contributed by atoms with E-state index in [9.17, 15) is 18.0 Å². The summed E-state index contributed by atoms with van der Waals surface area (Å²) in [7, 11) is -3.26. The number of nitrogens with one attached hydrogen (secondary N) is 2. The first-order chi connectivity index (χ1) is 12.6. The molecular formula is C18H26ClN3O4S. The van der Waals surface area contributed by atoms with Gasteiger partial charge in [-0.3, -0.25) is 9.59 Å². The Morgan fingerprint density at radius 1 is 1.19 bits per heavy atom. The smallest absolute Gasteiger partial charge is 0.253 e. The molecule has 0 aliphatic carbocycles. The van der Waals surface area contributed by atoms with Crippen LogP contribution in [0.15, 0.2) is 24.3 Å². The maximum atomic E-state index is 12.9. The summed E-state index contributed by atoms with van der Waals surface area (Å²) in [5, 5.41) is 3.13. The molecule has 9 heteroatoms. The van der Waals surface area contributed by atoms with Crippen LogP contribution in [0.5, 0.6) is 0 Å². The summed E-state index contributed by atoms with van der Waals surface area (Å²) in [6.45, 7) is 4.62. The van der Waals surface area contributed by atoms with E-state index in [1.807, 2.05) is 13.8 Å². The van der Waals surface area contributed by atoms with Crippen molar-refractivity contribution < 1.29 is 18.0 Å². The third-order valence-corrected chi connectivity index (χ3v) is 5.62. The highest BCUT2D eigenvalue weighted by Gasteiger charge is 2.32. The third-order valence-electron chi connectivity index (χ3n) is 4.53. The number of sulfonamides is 1. The van der Waals surface area contributed by atoms with Crippen LogP contribution in [0.2, 0.25) is 5.02 Å².